The predicted molar refractivity (Wildman–Crippen MR) is 57.5 cm³/mol. The van der Waals surface area contributed by atoms with E-state index in [-0.39, 0.29) is 5.41 Å². The highest BCUT2D eigenvalue weighted by atomic mass is 32.2. The molecule has 0 aromatic rings. The zero-order valence-corrected chi connectivity index (χ0v) is 8.86. The van der Waals surface area contributed by atoms with Crippen LogP contribution in [0.25, 0.3) is 0 Å². The van der Waals surface area contributed by atoms with Crippen LogP contribution in [-0.2, 0) is 4.74 Å². The fourth-order valence-electron chi connectivity index (χ4n) is 1.34. The first kappa shape index (κ1) is 8.95. The lowest BCUT2D eigenvalue weighted by molar-refractivity contribution is 0.241. The average molecular weight is 194 g/mol. The second-order valence-corrected chi connectivity index (χ2v) is 5.05. The largest absolute Gasteiger partial charge is 0.492 e. The maximum atomic E-state index is 5.58. The van der Waals surface area contributed by atoms with Crippen LogP contribution in [0, 0.1) is 5.41 Å². The molecule has 0 aromatic heterocycles. The van der Waals surface area contributed by atoms with Crippen molar-refractivity contribution in [3.8, 4) is 0 Å². The van der Waals surface area contributed by atoms with Crippen LogP contribution >= 0.6 is 11.8 Å². The molecule has 1 nitrogen and oxygen atoms in total. The van der Waals surface area contributed by atoms with Gasteiger partial charge in [0.2, 0.25) is 0 Å². The molecule has 2 aliphatic rings. The summed E-state index contributed by atoms with van der Waals surface area (Å²) < 4.78 is 5.58. The van der Waals surface area contributed by atoms with Gasteiger partial charge in [-0.2, -0.15) is 0 Å². The standard InChI is InChI=1S/C11H14OS/c1-11(2)5-3-9-10(4-6-11)13-8-7-12-9/h3-6H,7-8H2,1-2H3. The van der Waals surface area contributed by atoms with Gasteiger partial charge in [0.05, 0.1) is 6.61 Å². The first-order valence-electron chi connectivity index (χ1n) is 4.56. The molecule has 1 aliphatic heterocycles. The van der Waals surface area contributed by atoms with Crippen LogP contribution in [0.1, 0.15) is 13.8 Å². The minimum atomic E-state index is 0.154. The van der Waals surface area contributed by atoms with Gasteiger partial charge < -0.3 is 4.74 Å². The van der Waals surface area contributed by atoms with Gasteiger partial charge in [0, 0.05) is 16.1 Å². The van der Waals surface area contributed by atoms with Crippen molar-refractivity contribution in [3.05, 3.63) is 35.0 Å². The number of hydrogen-bond donors (Lipinski definition) is 0. The van der Waals surface area contributed by atoms with Crippen LogP contribution in [0.15, 0.2) is 35.0 Å². The Morgan fingerprint density at radius 1 is 1.31 bits per heavy atom. The second kappa shape index (κ2) is 3.26. The second-order valence-electron chi connectivity index (χ2n) is 3.91. The molecule has 0 unspecified atom stereocenters. The summed E-state index contributed by atoms with van der Waals surface area (Å²) in [6.07, 6.45) is 8.70. The molecule has 0 saturated carbocycles. The van der Waals surface area contributed by atoms with Crippen molar-refractivity contribution in [1.29, 1.82) is 0 Å². The van der Waals surface area contributed by atoms with Crippen molar-refractivity contribution in [3.63, 3.8) is 0 Å². The van der Waals surface area contributed by atoms with Crippen LogP contribution in [0.4, 0.5) is 0 Å². The minimum absolute atomic E-state index is 0.154. The fraction of sp³-hybridized carbons (Fsp3) is 0.455. The SMILES string of the molecule is CC1(C)C=CC2=C(C=C1)SCCO2. The first-order chi connectivity index (χ1) is 6.17. The molecule has 1 heterocycles. The van der Waals surface area contributed by atoms with E-state index in [0.717, 1.165) is 18.1 Å². The molecule has 0 N–H and O–H groups in total. The molecule has 0 bridgehead atoms. The van der Waals surface area contributed by atoms with Gasteiger partial charge in [0.25, 0.3) is 0 Å². The molecule has 70 valence electrons. The molecular formula is C11H14OS. The molecule has 13 heavy (non-hydrogen) atoms. The number of rotatable bonds is 0. The lowest BCUT2D eigenvalue weighted by Gasteiger charge is -2.15. The Morgan fingerprint density at radius 2 is 2.08 bits per heavy atom. The van der Waals surface area contributed by atoms with Gasteiger partial charge in [-0.25, -0.2) is 0 Å². The molecule has 0 radical (unpaired) electrons. The summed E-state index contributed by atoms with van der Waals surface area (Å²) in [5.74, 6) is 2.11. The summed E-state index contributed by atoms with van der Waals surface area (Å²) in [7, 11) is 0. The Bertz CT molecular complexity index is 269. The maximum absolute atomic E-state index is 5.58. The maximum Gasteiger partial charge on any atom is 0.132 e. The third-order valence-electron chi connectivity index (χ3n) is 2.17. The van der Waals surface area contributed by atoms with Crippen molar-refractivity contribution in [2.75, 3.05) is 12.4 Å². The topological polar surface area (TPSA) is 9.23 Å². The molecule has 2 heteroatoms. The highest BCUT2D eigenvalue weighted by Gasteiger charge is 2.17. The van der Waals surface area contributed by atoms with E-state index in [1.54, 1.807) is 0 Å². The van der Waals surface area contributed by atoms with Crippen molar-refractivity contribution in [1.82, 2.24) is 0 Å². The normalized spacial score (nSPS) is 25.1. The highest BCUT2D eigenvalue weighted by Crippen LogP contribution is 2.33. The van der Waals surface area contributed by atoms with Crippen molar-refractivity contribution >= 4 is 11.8 Å². The van der Waals surface area contributed by atoms with Gasteiger partial charge in [0.1, 0.15) is 5.76 Å². The summed E-state index contributed by atoms with van der Waals surface area (Å²) in [6.45, 7) is 5.23. The molecule has 0 fully saturated rings. The van der Waals surface area contributed by atoms with Gasteiger partial charge in [-0.05, 0) is 12.2 Å². The van der Waals surface area contributed by atoms with Crippen molar-refractivity contribution in [2.45, 2.75) is 13.8 Å². The van der Waals surface area contributed by atoms with Gasteiger partial charge in [-0.15, -0.1) is 11.8 Å². The molecule has 0 saturated heterocycles. The first-order valence-corrected chi connectivity index (χ1v) is 5.54. The van der Waals surface area contributed by atoms with E-state index in [1.165, 1.54) is 4.91 Å². The van der Waals surface area contributed by atoms with Gasteiger partial charge in [-0.1, -0.05) is 26.0 Å². The van der Waals surface area contributed by atoms with Gasteiger partial charge in [-0.3, -0.25) is 0 Å². The Morgan fingerprint density at radius 3 is 2.92 bits per heavy atom. The smallest absolute Gasteiger partial charge is 0.132 e. The van der Waals surface area contributed by atoms with E-state index >= 15 is 0 Å². The number of allylic oxidation sites excluding steroid dienone is 4. The van der Waals surface area contributed by atoms with E-state index < -0.39 is 0 Å². The predicted octanol–water partition coefficient (Wildman–Crippen LogP) is 3.11. The Balaban J connectivity index is 2.32. The lowest BCUT2D eigenvalue weighted by atomic mass is 9.93. The van der Waals surface area contributed by atoms with Crippen LogP contribution < -0.4 is 0 Å². The highest BCUT2D eigenvalue weighted by molar-refractivity contribution is 8.03. The summed E-state index contributed by atoms with van der Waals surface area (Å²) in [6, 6.07) is 0. The summed E-state index contributed by atoms with van der Waals surface area (Å²) in [4.78, 5) is 1.27. The average Bonchev–Trinajstić information content (AvgIpc) is 2.27. The molecule has 0 aromatic carbocycles. The van der Waals surface area contributed by atoms with E-state index in [9.17, 15) is 0 Å². The molecule has 2 rings (SSSR count). The van der Waals surface area contributed by atoms with Gasteiger partial charge in [0.15, 0.2) is 0 Å². The Kier molecular flexibility index (Phi) is 2.24. The molecular weight excluding hydrogens is 180 g/mol. The Hall–Kier alpha value is -0.630. The quantitative estimate of drug-likeness (QED) is 0.586. The van der Waals surface area contributed by atoms with Crippen LogP contribution in [-0.4, -0.2) is 12.4 Å². The third kappa shape index (κ3) is 1.99. The van der Waals surface area contributed by atoms with Crippen LogP contribution in [0.3, 0.4) is 0 Å². The lowest BCUT2D eigenvalue weighted by Crippen LogP contribution is -2.03. The number of hydrogen-bond acceptors (Lipinski definition) is 2. The number of ether oxygens (including phenoxy) is 1. The zero-order chi connectivity index (χ0) is 9.31. The van der Waals surface area contributed by atoms with E-state index in [1.807, 2.05) is 11.8 Å². The van der Waals surface area contributed by atoms with E-state index in [0.29, 0.717) is 0 Å². The molecule has 1 aliphatic carbocycles. The molecule has 0 atom stereocenters. The minimum Gasteiger partial charge on any atom is -0.492 e. The fourth-order valence-corrected chi connectivity index (χ4v) is 2.16. The summed E-state index contributed by atoms with van der Waals surface area (Å²) in [5.41, 5.74) is 0.154. The zero-order valence-electron chi connectivity index (χ0n) is 8.04. The summed E-state index contributed by atoms with van der Waals surface area (Å²) >= 11 is 1.88. The van der Waals surface area contributed by atoms with E-state index in [4.69, 9.17) is 4.74 Å². The van der Waals surface area contributed by atoms with E-state index in [2.05, 4.69) is 38.2 Å². The third-order valence-corrected chi connectivity index (χ3v) is 3.19. The van der Waals surface area contributed by atoms with Crippen LogP contribution in [0.2, 0.25) is 0 Å². The van der Waals surface area contributed by atoms with Crippen molar-refractivity contribution < 1.29 is 4.74 Å². The molecule has 0 amide bonds. The van der Waals surface area contributed by atoms with Crippen molar-refractivity contribution in [2.24, 2.45) is 5.41 Å². The van der Waals surface area contributed by atoms with Gasteiger partial charge >= 0.3 is 0 Å². The monoisotopic (exact) mass is 194 g/mol. The Labute approximate surface area is 83.5 Å². The van der Waals surface area contributed by atoms with Crippen LogP contribution in [0.5, 0.6) is 0 Å². The summed E-state index contributed by atoms with van der Waals surface area (Å²) in [5, 5.41) is 0. The number of thioether (sulfide) groups is 1. The molecule has 0 spiro atoms.